The second-order valence-electron chi connectivity index (χ2n) is 7.29. The van der Waals surface area contributed by atoms with Crippen LogP contribution >= 0.6 is 0 Å². The molecule has 1 aliphatic rings. The Bertz CT molecular complexity index is 504. The number of aliphatic hydroxyl groups is 3. The number of benzene rings is 1. The number of rotatable bonds is 11. The van der Waals surface area contributed by atoms with Crippen LogP contribution in [0.2, 0.25) is 0 Å². The molecule has 0 amide bonds. The minimum Gasteiger partial charge on any atom is -0.491 e. The van der Waals surface area contributed by atoms with Gasteiger partial charge in [0, 0.05) is 19.1 Å². The van der Waals surface area contributed by atoms with E-state index in [1.165, 1.54) is 32.1 Å². The van der Waals surface area contributed by atoms with E-state index in [0.717, 1.165) is 5.56 Å². The van der Waals surface area contributed by atoms with Gasteiger partial charge in [-0.3, -0.25) is 0 Å². The number of hydrogen-bond acceptors (Lipinski definition) is 6. The zero-order valence-corrected chi connectivity index (χ0v) is 15.8. The molecule has 0 heterocycles. The second kappa shape index (κ2) is 11.5. The van der Waals surface area contributed by atoms with Gasteiger partial charge in [-0.25, -0.2) is 0 Å². The summed E-state index contributed by atoms with van der Waals surface area (Å²) in [6, 6.07) is 7.90. The van der Waals surface area contributed by atoms with E-state index in [-0.39, 0.29) is 25.9 Å². The van der Waals surface area contributed by atoms with E-state index in [9.17, 15) is 5.11 Å². The first-order valence-corrected chi connectivity index (χ1v) is 9.67. The summed E-state index contributed by atoms with van der Waals surface area (Å²) in [5, 5.41) is 31.5. The summed E-state index contributed by atoms with van der Waals surface area (Å²) in [5.41, 5.74) is 1.00. The standard InChI is InChI=1S/C20H34N2O4/c1-22(18-7-3-2-4-8-18)12-19(25)15-26-20-9-5-6-16(10-20)11-21-17(13-23)14-24/h5-6,9-10,17-19,21,23-25H,2-4,7-8,11-15H2,1H3/t19-/m1/s1. The maximum atomic E-state index is 10.3. The molecule has 0 unspecified atom stereocenters. The lowest BCUT2D eigenvalue weighted by Gasteiger charge is -2.32. The van der Waals surface area contributed by atoms with Gasteiger partial charge in [-0.1, -0.05) is 31.4 Å². The Hall–Kier alpha value is -1.18. The highest BCUT2D eigenvalue weighted by Gasteiger charge is 2.20. The van der Waals surface area contributed by atoms with Crippen LogP contribution in [0.15, 0.2) is 24.3 Å². The second-order valence-corrected chi connectivity index (χ2v) is 7.29. The molecule has 1 fully saturated rings. The zero-order valence-electron chi connectivity index (χ0n) is 15.8. The number of nitrogens with one attached hydrogen (secondary N) is 1. The van der Waals surface area contributed by atoms with Crippen LogP contribution < -0.4 is 10.1 Å². The third-order valence-electron chi connectivity index (χ3n) is 5.07. The predicted molar refractivity (Wildman–Crippen MR) is 102 cm³/mol. The van der Waals surface area contributed by atoms with Crippen molar-refractivity contribution >= 4 is 0 Å². The predicted octanol–water partition coefficient (Wildman–Crippen LogP) is 1.13. The van der Waals surface area contributed by atoms with Gasteiger partial charge in [0.1, 0.15) is 18.5 Å². The zero-order chi connectivity index (χ0) is 18.8. The topological polar surface area (TPSA) is 85.2 Å². The highest BCUT2D eigenvalue weighted by Crippen LogP contribution is 2.21. The van der Waals surface area contributed by atoms with E-state index in [2.05, 4.69) is 17.3 Å². The van der Waals surface area contributed by atoms with E-state index in [1.54, 1.807) is 0 Å². The number of aliphatic hydroxyl groups excluding tert-OH is 3. The van der Waals surface area contributed by atoms with Crippen LogP contribution in [0.3, 0.4) is 0 Å². The monoisotopic (exact) mass is 366 g/mol. The Morgan fingerprint density at radius 1 is 1.19 bits per heavy atom. The van der Waals surface area contributed by atoms with Crippen molar-refractivity contribution in [2.75, 3.05) is 33.4 Å². The van der Waals surface area contributed by atoms with Crippen molar-refractivity contribution in [2.24, 2.45) is 0 Å². The maximum absolute atomic E-state index is 10.3. The van der Waals surface area contributed by atoms with Crippen LogP contribution in [0.5, 0.6) is 5.75 Å². The van der Waals surface area contributed by atoms with Crippen LogP contribution in [0, 0.1) is 0 Å². The van der Waals surface area contributed by atoms with Gasteiger partial charge in [0.15, 0.2) is 0 Å². The van der Waals surface area contributed by atoms with Crippen molar-refractivity contribution < 1.29 is 20.1 Å². The first-order chi connectivity index (χ1) is 12.6. The molecule has 6 nitrogen and oxygen atoms in total. The Morgan fingerprint density at radius 3 is 2.62 bits per heavy atom. The summed E-state index contributed by atoms with van der Waals surface area (Å²) in [5.74, 6) is 0.716. The molecule has 1 atom stereocenters. The summed E-state index contributed by atoms with van der Waals surface area (Å²) in [6.45, 7) is 1.22. The largest absolute Gasteiger partial charge is 0.491 e. The van der Waals surface area contributed by atoms with Crippen molar-refractivity contribution in [3.8, 4) is 5.75 Å². The van der Waals surface area contributed by atoms with Gasteiger partial charge in [0.2, 0.25) is 0 Å². The van der Waals surface area contributed by atoms with Gasteiger partial charge in [-0.05, 0) is 37.6 Å². The molecule has 4 N–H and O–H groups in total. The third-order valence-corrected chi connectivity index (χ3v) is 5.07. The minimum absolute atomic E-state index is 0.104. The SMILES string of the molecule is CN(C[C@@H](O)COc1cccc(CNC(CO)CO)c1)C1CCCCC1. The molecule has 0 spiro atoms. The molecule has 26 heavy (non-hydrogen) atoms. The van der Waals surface area contributed by atoms with E-state index in [1.807, 2.05) is 24.3 Å². The van der Waals surface area contributed by atoms with E-state index in [0.29, 0.717) is 24.9 Å². The third kappa shape index (κ3) is 7.21. The van der Waals surface area contributed by atoms with E-state index < -0.39 is 6.10 Å². The molecule has 0 radical (unpaired) electrons. The quantitative estimate of drug-likeness (QED) is 0.470. The van der Waals surface area contributed by atoms with Gasteiger partial charge in [0.05, 0.1) is 19.3 Å². The number of ether oxygens (including phenoxy) is 1. The first kappa shape index (κ1) is 21.1. The van der Waals surface area contributed by atoms with Gasteiger partial charge in [0.25, 0.3) is 0 Å². The number of nitrogens with zero attached hydrogens (tertiary/aromatic N) is 1. The molecule has 1 aromatic carbocycles. The van der Waals surface area contributed by atoms with Crippen LogP contribution in [0.25, 0.3) is 0 Å². The van der Waals surface area contributed by atoms with Crippen molar-refractivity contribution in [3.05, 3.63) is 29.8 Å². The van der Waals surface area contributed by atoms with Gasteiger partial charge in [-0.2, -0.15) is 0 Å². The van der Waals surface area contributed by atoms with Gasteiger partial charge < -0.3 is 30.3 Å². The highest BCUT2D eigenvalue weighted by atomic mass is 16.5. The molecular formula is C20H34N2O4. The number of likely N-dealkylation sites (N-methyl/N-ethyl adjacent to an activating group) is 1. The maximum Gasteiger partial charge on any atom is 0.119 e. The average Bonchev–Trinajstić information content (AvgIpc) is 2.68. The van der Waals surface area contributed by atoms with Crippen molar-refractivity contribution in [2.45, 2.75) is 56.8 Å². The average molecular weight is 367 g/mol. The molecule has 148 valence electrons. The lowest BCUT2D eigenvalue weighted by atomic mass is 9.94. The van der Waals surface area contributed by atoms with Crippen molar-refractivity contribution in [1.82, 2.24) is 10.2 Å². The summed E-state index contributed by atoms with van der Waals surface area (Å²) in [6.07, 6.45) is 5.84. The fourth-order valence-electron chi connectivity index (χ4n) is 3.44. The minimum atomic E-state index is -0.517. The Morgan fingerprint density at radius 2 is 1.92 bits per heavy atom. The highest BCUT2D eigenvalue weighted by molar-refractivity contribution is 5.28. The molecule has 0 bridgehead atoms. The summed E-state index contributed by atoms with van der Waals surface area (Å²) >= 11 is 0. The molecule has 1 aromatic rings. The Labute approximate surface area is 156 Å². The molecule has 0 aliphatic heterocycles. The molecule has 2 rings (SSSR count). The smallest absolute Gasteiger partial charge is 0.119 e. The fourth-order valence-corrected chi connectivity index (χ4v) is 3.44. The molecule has 0 saturated heterocycles. The van der Waals surface area contributed by atoms with Crippen molar-refractivity contribution in [1.29, 1.82) is 0 Å². The number of hydrogen-bond donors (Lipinski definition) is 4. The van der Waals surface area contributed by atoms with E-state index in [4.69, 9.17) is 14.9 Å². The molecule has 6 heteroatoms. The van der Waals surface area contributed by atoms with Crippen LogP contribution in [0.4, 0.5) is 0 Å². The molecular weight excluding hydrogens is 332 g/mol. The van der Waals surface area contributed by atoms with Crippen LogP contribution in [-0.4, -0.2) is 71.8 Å². The summed E-state index contributed by atoms with van der Waals surface area (Å²) in [7, 11) is 2.09. The first-order valence-electron chi connectivity index (χ1n) is 9.67. The molecule has 1 saturated carbocycles. The Kier molecular flexibility index (Phi) is 9.36. The fraction of sp³-hybridized carbons (Fsp3) is 0.700. The Balaban J connectivity index is 1.74. The van der Waals surface area contributed by atoms with Gasteiger partial charge in [-0.15, -0.1) is 0 Å². The molecule has 1 aliphatic carbocycles. The van der Waals surface area contributed by atoms with E-state index >= 15 is 0 Å². The van der Waals surface area contributed by atoms with Gasteiger partial charge >= 0.3 is 0 Å². The summed E-state index contributed by atoms with van der Waals surface area (Å²) in [4.78, 5) is 2.26. The summed E-state index contributed by atoms with van der Waals surface area (Å²) < 4.78 is 5.75. The molecule has 0 aromatic heterocycles. The lowest BCUT2D eigenvalue weighted by molar-refractivity contribution is 0.0561. The lowest BCUT2D eigenvalue weighted by Crippen LogP contribution is -2.40. The van der Waals surface area contributed by atoms with Crippen molar-refractivity contribution in [3.63, 3.8) is 0 Å². The normalized spacial score (nSPS) is 17.0. The van der Waals surface area contributed by atoms with Crippen LogP contribution in [-0.2, 0) is 6.54 Å². The van der Waals surface area contributed by atoms with Crippen LogP contribution in [0.1, 0.15) is 37.7 Å².